The summed E-state index contributed by atoms with van der Waals surface area (Å²) in [6, 6.07) is -2.19. The van der Waals surface area contributed by atoms with Crippen LogP contribution < -0.4 is 16.0 Å². The van der Waals surface area contributed by atoms with Crippen molar-refractivity contribution < 1.29 is 29.0 Å². The Kier molecular flexibility index (Phi) is 14.7. The third kappa shape index (κ3) is 12.6. The van der Waals surface area contributed by atoms with E-state index in [1.807, 2.05) is 26.0 Å². The fraction of sp³-hybridized carbons (Fsp3) is 0.769. The Morgan fingerprint density at radius 2 is 1.86 bits per heavy atom. The minimum absolute atomic E-state index is 0.0513. The smallest absolute Gasteiger partial charge is 0.408 e. The van der Waals surface area contributed by atoms with E-state index in [4.69, 9.17) is 4.74 Å². The first-order valence-electron chi connectivity index (χ1n) is 13.0. The van der Waals surface area contributed by atoms with Gasteiger partial charge in [-0.25, -0.2) is 9.59 Å². The highest BCUT2D eigenvalue weighted by atomic mass is 16.6. The Hall–Kier alpha value is -2.58. The standard InChI is InChI=1S/C26H45N3O6/c1-5-6-7-8-11-14-20-15-12-9-10-13-19(23(30)27-4)17-22(25(32)33)28-24(31)21(16-18(2)3)29-26(34)35-20/h9-10,18-22H,5-8,11-17H2,1-4H3,(H,27,30)(H,28,31)(H,29,34)(H,32,33)/b10-9+/t19?,20?,21-,22-/m0/s1. The summed E-state index contributed by atoms with van der Waals surface area (Å²) in [5, 5.41) is 17.4. The summed E-state index contributed by atoms with van der Waals surface area (Å²) in [6.07, 6.45) is 11.1. The maximum absolute atomic E-state index is 13.0. The summed E-state index contributed by atoms with van der Waals surface area (Å²) in [4.78, 5) is 49.9. The lowest BCUT2D eigenvalue weighted by atomic mass is 9.94. The number of carbonyl (C=O) groups excluding carboxylic acids is 3. The quantitative estimate of drug-likeness (QED) is 0.268. The van der Waals surface area contributed by atoms with Gasteiger partial charge in [-0.2, -0.15) is 0 Å². The molecule has 0 aromatic heterocycles. The summed E-state index contributed by atoms with van der Waals surface area (Å²) in [5.74, 6) is -2.63. The minimum atomic E-state index is -1.26. The number of unbranched alkanes of at least 4 members (excludes halogenated alkanes) is 4. The first-order chi connectivity index (χ1) is 16.7. The molecule has 1 aliphatic rings. The highest BCUT2D eigenvalue weighted by Crippen LogP contribution is 2.18. The molecule has 1 heterocycles. The first kappa shape index (κ1) is 30.5. The molecule has 4 atom stereocenters. The zero-order chi connectivity index (χ0) is 26.2. The normalized spacial score (nSPS) is 25.4. The molecule has 0 aromatic carbocycles. The van der Waals surface area contributed by atoms with Gasteiger partial charge >= 0.3 is 12.1 Å². The molecule has 4 N–H and O–H groups in total. The zero-order valence-corrected chi connectivity index (χ0v) is 21.8. The minimum Gasteiger partial charge on any atom is -0.480 e. The predicted molar refractivity (Wildman–Crippen MR) is 135 cm³/mol. The fourth-order valence-corrected chi connectivity index (χ4v) is 4.22. The SMILES string of the molecule is CCCCCCCC1CC/C=C/CC(C(=O)NC)C[C@@H](C(=O)O)NC(=O)[C@H](CC(C)C)NC(=O)O1. The molecule has 0 aliphatic carbocycles. The number of hydrogen-bond acceptors (Lipinski definition) is 5. The van der Waals surface area contributed by atoms with Gasteiger partial charge in [0.15, 0.2) is 0 Å². The molecule has 0 aromatic rings. The number of amides is 3. The highest BCUT2D eigenvalue weighted by Gasteiger charge is 2.31. The third-order valence-corrected chi connectivity index (χ3v) is 6.21. The average Bonchev–Trinajstić information content (AvgIpc) is 2.80. The van der Waals surface area contributed by atoms with Crippen LogP contribution >= 0.6 is 0 Å². The van der Waals surface area contributed by atoms with Crippen molar-refractivity contribution in [1.29, 1.82) is 0 Å². The lowest BCUT2D eigenvalue weighted by molar-refractivity contribution is -0.143. The van der Waals surface area contributed by atoms with E-state index in [2.05, 4.69) is 22.9 Å². The van der Waals surface area contributed by atoms with Crippen molar-refractivity contribution in [2.45, 2.75) is 110 Å². The lowest BCUT2D eigenvalue weighted by Gasteiger charge is -2.25. The molecule has 0 saturated carbocycles. The number of rotatable bonds is 10. The number of carboxylic acid groups (broad SMARTS) is 1. The number of cyclic esters (lactones) is 1. The van der Waals surface area contributed by atoms with Crippen molar-refractivity contribution in [3.8, 4) is 0 Å². The van der Waals surface area contributed by atoms with E-state index in [9.17, 15) is 24.3 Å². The van der Waals surface area contributed by atoms with Crippen molar-refractivity contribution in [3.63, 3.8) is 0 Å². The summed E-state index contributed by atoms with van der Waals surface area (Å²) in [5.41, 5.74) is 0. The summed E-state index contributed by atoms with van der Waals surface area (Å²) >= 11 is 0. The summed E-state index contributed by atoms with van der Waals surface area (Å²) < 4.78 is 5.70. The van der Waals surface area contributed by atoms with Gasteiger partial charge < -0.3 is 25.8 Å². The zero-order valence-electron chi connectivity index (χ0n) is 21.8. The molecule has 9 nitrogen and oxygen atoms in total. The number of carbonyl (C=O) groups is 4. The monoisotopic (exact) mass is 495 g/mol. The number of alkyl carbamates (subject to hydrolysis) is 1. The van der Waals surface area contributed by atoms with Gasteiger partial charge in [-0.1, -0.05) is 58.6 Å². The maximum Gasteiger partial charge on any atom is 0.408 e. The van der Waals surface area contributed by atoms with Crippen LogP contribution in [-0.4, -0.2) is 54.2 Å². The number of carboxylic acids is 1. The van der Waals surface area contributed by atoms with Gasteiger partial charge in [0, 0.05) is 13.0 Å². The van der Waals surface area contributed by atoms with Crippen molar-refractivity contribution in [1.82, 2.24) is 16.0 Å². The third-order valence-electron chi connectivity index (χ3n) is 6.21. The molecule has 0 spiro atoms. The fourth-order valence-electron chi connectivity index (χ4n) is 4.22. The molecular weight excluding hydrogens is 450 g/mol. The van der Waals surface area contributed by atoms with Crippen LogP contribution in [0.1, 0.15) is 91.4 Å². The number of ether oxygens (including phenoxy) is 1. The Bertz CT molecular complexity index is 709. The largest absolute Gasteiger partial charge is 0.480 e. The van der Waals surface area contributed by atoms with E-state index in [-0.39, 0.29) is 24.3 Å². The molecule has 2 unspecified atom stereocenters. The van der Waals surface area contributed by atoms with Crippen LogP contribution in [0.3, 0.4) is 0 Å². The molecule has 0 saturated heterocycles. The lowest BCUT2D eigenvalue weighted by Crippen LogP contribution is -2.53. The van der Waals surface area contributed by atoms with E-state index in [1.165, 1.54) is 13.5 Å². The van der Waals surface area contributed by atoms with Gasteiger partial charge in [0.05, 0.1) is 0 Å². The van der Waals surface area contributed by atoms with Crippen LogP contribution in [0.25, 0.3) is 0 Å². The van der Waals surface area contributed by atoms with Crippen molar-refractivity contribution in [3.05, 3.63) is 12.2 Å². The molecule has 9 heteroatoms. The van der Waals surface area contributed by atoms with E-state index in [1.54, 1.807) is 0 Å². The second-order valence-electron chi connectivity index (χ2n) is 9.79. The van der Waals surface area contributed by atoms with Crippen molar-refractivity contribution in [2.24, 2.45) is 11.8 Å². The second kappa shape index (κ2) is 16.9. The first-order valence-corrected chi connectivity index (χ1v) is 13.0. The van der Waals surface area contributed by atoms with E-state index in [0.717, 1.165) is 32.1 Å². The Balaban J connectivity index is 3.08. The maximum atomic E-state index is 13.0. The van der Waals surface area contributed by atoms with E-state index >= 15 is 0 Å². The molecule has 1 rings (SSSR count). The van der Waals surface area contributed by atoms with Crippen molar-refractivity contribution in [2.75, 3.05) is 7.05 Å². The van der Waals surface area contributed by atoms with Crippen LogP contribution in [0.2, 0.25) is 0 Å². The highest BCUT2D eigenvalue weighted by molar-refractivity contribution is 5.89. The molecule has 0 fully saturated rings. The predicted octanol–water partition coefficient (Wildman–Crippen LogP) is 3.92. The molecule has 3 amide bonds. The van der Waals surface area contributed by atoms with Gasteiger partial charge in [0.25, 0.3) is 0 Å². The van der Waals surface area contributed by atoms with E-state index in [0.29, 0.717) is 25.7 Å². The summed E-state index contributed by atoms with van der Waals surface area (Å²) in [7, 11) is 1.51. The van der Waals surface area contributed by atoms with Crippen LogP contribution in [0.15, 0.2) is 12.2 Å². The van der Waals surface area contributed by atoms with Crippen molar-refractivity contribution >= 4 is 23.9 Å². The van der Waals surface area contributed by atoms with Gasteiger partial charge in [0.2, 0.25) is 11.8 Å². The number of hydrogen-bond donors (Lipinski definition) is 4. The Labute approximate surface area is 209 Å². The van der Waals surface area contributed by atoms with Gasteiger partial charge in [-0.15, -0.1) is 0 Å². The van der Waals surface area contributed by atoms with Crippen LogP contribution in [0.4, 0.5) is 4.79 Å². The molecule has 0 radical (unpaired) electrons. The van der Waals surface area contributed by atoms with Gasteiger partial charge in [-0.05, 0) is 50.9 Å². The van der Waals surface area contributed by atoms with Crippen LogP contribution in [-0.2, 0) is 19.1 Å². The molecule has 0 bridgehead atoms. The second-order valence-corrected chi connectivity index (χ2v) is 9.79. The van der Waals surface area contributed by atoms with Crippen LogP contribution in [0.5, 0.6) is 0 Å². The number of aliphatic carboxylic acids is 1. The Morgan fingerprint density at radius 3 is 2.49 bits per heavy atom. The average molecular weight is 496 g/mol. The molecule has 200 valence electrons. The van der Waals surface area contributed by atoms with Gasteiger partial charge in [0.1, 0.15) is 18.2 Å². The van der Waals surface area contributed by atoms with E-state index < -0.39 is 36.0 Å². The number of allylic oxidation sites excluding steroid dienone is 2. The topological polar surface area (TPSA) is 134 Å². The molecule has 1 aliphatic heterocycles. The summed E-state index contributed by atoms with van der Waals surface area (Å²) in [6.45, 7) is 5.99. The van der Waals surface area contributed by atoms with Crippen LogP contribution in [0, 0.1) is 11.8 Å². The molecule has 35 heavy (non-hydrogen) atoms. The van der Waals surface area contributed by atoms with Gasteiger partial charge in [-0.3, -0.25) is 9.59 Å². The Morgan fingerprint density at radius 1 is 1.14 bits per heavy atom. The molecular formula is C26H45N3O6. The number of nitrogens with one attached hydrogen (secondary N) is 3.